The summed E-state index contributed by atoms with van der Waals surface area (Å²) in [5.74, 6) is 0.956. The number of fused-ring (bicyclic) bond motifs is 6. The molecular formula is C20H14O5. The third kappa shape index (κ3) is 1.79. The first-order chi connectivity index (χ1) is 12.1. The lowest BCUT2D eigenvalue weighted by Gasteiger charge is -2.37. The van der Waals surface area contributed by atoms with Crippen LogP contribution in [-0.2, 0) is 10.3 Å². The third-order valence-electron chi connectivity index (χ3n) is 4.80. The molecule has 1 spiro atoms. The molecule has 0 fully saturated rings. The number of aliphatic hydroxyl groups is 1. The molecule has 0 aliphatic carbocycles. The van der Waals surface area contributed by atoms with Crippen LogP contribution in [0.2, 0.25) is 0 Å². The average Bonchev–Trinajstić information content (AvgIpc) is 2.88. The van der Waals surface area contributed by atoms with Crippen molar-refractivity contribution in [2.24, 2.45) is 0 Å². The van der Waals surface area contributed by atoms with Gasteiger partial charge in [0.05, 0.1) is 0 Å². The standard InChI is InChI=1S/C20H14O5/c21-11-5-7-15-17(9-11)24-18-10-12(22)6-8-16(18)20(15)14-4-2-1-3-13(14)19(23)25-20/h1-10,19,21-23H. The summed E-state index contributed by atoms with van der Waals surface area (Å²) in [6.45, 7) is 0. The van der Waals surface area contributed by atoms with E-state index in [1.807, 2.05) is 24.3 Å². The number of ether oxygens (including phenoxy) is 2. The van der Waals surface area contributed by atoms with E-state index in [1.165, 1.54) is 12.1 Å². The van der Waals surface area contributed by atoms with Crippen LogP contribution in [0.5, 0.6) is 23.0 Å². The molecule has 124 valence electrons. The Hall–Kier alpha value is -3.02. The zero-order valence-corrected chi connectivity index (χ0v) is 13.0. The molecule has 1 atom stereocenters. The van der Waals surface area contributed by atoms with Crippen molar-refractivity contribution in [1.29, 1.82) is 0 Å². The highest BCUT2D eigenvalue weighted by Crippen LogP contribution is 2.58. The van der Waals surface area contributed by atoms with Gasteiger partial charge in [-0.05, 0) is 24.3 Å². The predicted octanol–water partition coefficient (Wildman–Crippen LogP) is 3.52. The number of phenols is 2. The molecular weight excluding hydrogens is 320 g/mol. The Kier molecular flexibility index (Phi) is 2.72. The fraction of sp³-hybridized carbons (Fsp3) is 0.100. The summed E-state index contributed by atoms with van der Waals surface area (Å²) in [4.78, 5) is 0. The first kappa shape index (κ1) is 14.3. The largest absolute Gasteiger partial charge is 0.508 e. The normalized spacial score (nSPS) is 19.0. The molecule has 0 aromatic heterocycles. The summed E-state index contributed by atoms with van der Waals surface area (Å²) in [5.41, 5.74) is 1.80. The van der Waals surface area contributed by atoms with Crippen LogP contribution < -0.4 is 4.74 Å². The first-order valence-corrected chi connectivity index (χ1v) is 7.90. The van der Waals surface area contributed by atoms with E-state index in [1.54, 1.807) is 24.3 Å². The second-order valence-electron chi connectivity index (χ2n) is 6.20. The Bertz CT molecular complexity index is 959. The van der Waals surface area contributed by atoms with Gasteiger partial charge in [0.2, 0.25) is 0 Å². The topological polar surface area (TPSA) is 79.2 Å². The molecule has 0 radical (unpaired) electrons. The molecule has 2 heterocycles. The van der Waals surface area contributed by atoms with Gasteiger partial charge in [-0.3, -0.25) is 0 Å². The number of benzene rings is 3. The van der Waals surface area contributed by atoms with E-state index < -0.39 is 11.9 Å². The van der Waals surface area contributed by atoms with Gasteiger partial charge < -0.3 is 24.8 Å². The molecule has 0 saturated carbocycles. The van der Waals surface area contributed by atoms with Crippen molar-refractivity contribution in [3.05, 3.63) is 82.9 Å². The number of aliphatic hydroxyl groups excluding tert-OH is 1. The van der Waals surface area contributed by atoms with Gasteiger partial charge in [-0.2, -0.15) is 0 Å². The van der Waals surface area contributed by atoms with Gasteiger partial charge in [0, 0.05) is 34.4 Å². The van der Waals surface area contributed by atoms with Crippen molar-refractivity contribution < 1.29 is 24.8 Å². The minimum atomic E-state index is -1.09. The fourth-order valence-electron chi connectivity index (χ4n) is 3.78. The van der Waals surface area contributed by atoms with Gasteiger partial charge in [-0.15, -0.1) is 0 Å². The van der Waals surface area contributed by atoms with Crippen LogP contribution in [0.25, 0.3) is 0 Å². The van der Waals surface area contributed by atoms with Gasteiger partial charge in [-0.1, -0.05) is 24.3 Å². The Morgan fingerprint density at radius 3 is 2.00 bits per heavy atom. The average molecular weight is 334 g/mol. The second kappa shape index (κ2) is 4.75. The van der Waals surface area contributed by atoms with Gasteiger partial charge in [0.15, 0.2) is 11.9 Å². The molecule has 5 rings (SSSR count). The number of hydrogen-bond acceptors (Lipinski definition) is 5. The maximum absolute atomic E-state index is 10.5. The van der Waals surface area contributed by atoms with Crippen molar-refractivity contribution in [3.8, 4) is 23.0 Å². The Labute approximate surface area is 143 Å². The molecule has 3 N–H and O–H groups in total. The maximum atomic E-state index is 10.5. The van der Waals surface area contributed by atoms with Crippen LogP contribution in [0.1, 0.15) is 28.5 Å². The van der Waals surface area contributed by atoms with E-state index >= 15 is 0 Å². The smallest absolute Gasteiger partial charge is 0.183 e. The molecule has 5 heteroatoms. The summed E-state index contributed by atoms with van der Waals surface area (Å²) in [5, 5.41) is 30.2. The van der Waals surface area contributed by atoms with Crippen molar-refractivity contribution in [1.82, 2.24) is 0 Å². The molecule has 3 aromatic rings. The second-order valence-corrected chi connectivity index (χ2v) is 6.20. The minimum absolute atomic E-state index is 0.0596. The highest BCUT2D eigenvalue weighted by molar-refractivity contribution is 5.65. The third-order valence-corrected chi connectivity index (χ3v) is 4.80. The van der Waals surface area contributed by atoms with E-state index in [0.717, 1.165) is 5.56 Å². The van der Waals surface area contributed by atoms with Crippen molar-refractivity contribution in [2.45, 2.75) is 11.9 Å². The molecule has 2 aliphatic heterocycles. The van der Waals surface area contributed by atoms with Gasteiger partial charge in [0.1, 0.15) is 23.0 Å². The SMILES string of the molecule is Oc1ccc2c(c1)Oc1cc(O)ccc1C21OC(O)c2ccccc21. The Morgan fingerprint density at radius 1 is 0.760 bits per heavy atom. The molecule has 1 unspecified atom stereocenters. The van der Waals surface area contributed by atoms with Crippen molar-refractivity contribution in [3.63, 3.8) is 0 Å². The number of aromatic hydroxyl groups is 2. The number of hydrogen-bond donors (Lipinski definition) is 3. The molecule has 0 amide bonds. The van der Waals surface area contributed by atoms with Crippen molar-refractivity contribution in [2.75, 3.05) is 0 Å². The predicted molar refractivity (Wildman–Crippen MR) is 88.7 cm³/mol. The molecule has 2 aliphatic rings. The summed E-state index contributed by atoms with van der Waals surface area (Å²) < 4.78 is 12.0. The van der Waals surface area contributed by atoms with Crippen molar-refractivity contribution >= 4 is 0 Å². The lowest BCUT2D eigenvalue weighted by molar-refractivity contribution is -0.142. The van der Waals surface area contributed by atoms with Gasteiger partial charge in [0.25, 0.3) is 0 Å². The Morgan fingerprint density at radius 2 is 1.36 bits per heavy atom. The lowest BCUT2D eigenvalue weighted by Crippen LogP contribution is -2.32. The summed E-state index contributed by atoms with van der Waals surface area (Å²) in [7, 11) is 0. The van der Waals surface area contributed by atoms with Crippen LogP contribution in [0.3, 0.4) is 0 Å². The number of phenolic OH excluding ortho intramolecular Hbond substituents is 2. The van der Waals surface area contributed by atoms with E-state index in [-0.39, 0.29) is 11.5 Å². The van der Waals surface area contributed by atoms with Crippen LogP contribution in [0.4, 0.5) is 0 Å². The summed E-state index contributed by atoms with van der Waals surface area (Å²) >= 11 is 0. The Balaban J connectivity index is 1.90. The van der Waals surface area contributed by atoms with Crippen LogP contribution in [-0.4, -0.2) is 15.3 Å². The maximum Gasteiger partial charge on any atom is 0.183 e. The van der Waals surface area contributed by atoms with Crippen LogP contribution >= 0.6 is 0 Å². The highest BCUT2D eigenvalue weighted by atomic mass is 16.6. The van der Waals surface area contributed by atoms with Crippen LogP contribution in [0, 0.1) is 0 Å². The van der Waals surface area contributed by atoms with Crippen LogP contribution in [0.15, 0.2) is 60.7 Å². The first-order valence-electron chi connectivity index (χ1n) is 7.90. The monoisotopic (exact) mass is 334 g/mol. The summed E-state index contributed by atoms with van der Waals surface area (Å²) in [6.07, 6.45) is -1.09. The van der Waals surface area contributed by atoms with Gasteiger partial charge >= 0.3 is 0 Å². The quantitative estimate of drug-likeness (QED) is 0.586. The number of rotatable bonds is 0. The molecule has 0 saturated heterocycles. The van der Waals surface area contributed by atoms with E-state index in [0.29, 0.717) is 28.2 Å². The molecule has 25 heavy (non-hydrogen) atoms. The van der Waals surface area contributed by atoms with Gasteiger partial charge in [-0.25, -0.2) is 0 Å². The molecule has 3 aromatic carbocycles. The summed E-state index contributed by atoms with van der Waals surface area (Å²) in [6, 6.07) is 17.1. The molecule has 0 bridgehead atoms. The molecule has 5 nitrogen and oxygen atoms in total. The minimum Gasteiger partial charge on any atom is -0.508 e. The highest BCUT2D eigenvalue weighted by Gasteiger charge is 2.52. The van der Waals surface area contributed by atoms with E-state index in [4.69, 9.17) is 9.47 Å². The van der Waals surface area contributed by atoms with E-state index in [9.17, 15) is 15.3 Å². The zero-order valence-electron chi connectivity index (χ0n) is 13.0. The fourth-order valence-corrected chi connectivity index (χ4v) is 3.78. The van der Waals surface area contributed by atoms with E-state index in [2.05, 4.69) is 0 Å². The lowest BCUT2D eigenvalue weighted by atomic mass is 9.77. The zero-order chi connectivity index (χ0) is 17.2.